The van der Waals surface area contributed by atoms with E-state index in [0.29, 0.717) is 18.4 Å². The molecule has 2 aromatic carbocycles. The number of piperidine rings is 1. The van der Waals surface area contributed by atoms with Crippen molar-refractivity contribution in [2.45, 2.75) is 55.3 Å². The molecule has 36 heavy (non-hydrogen) atoms. The van der Waals surface area contributed by atoms with Gasteiger partial charge in [-0.15, -0.1) is 0 Å². The molecule has 1 aromatic heterocycles. The largest absolute Gasteiger partial charge is 0.504 e. The second kappa shape index (κ2) is 7.25. The van der Waals surface area contributed by atoms with Crippen molar-refractivity contribution in [3.05, 3.63) is 58.8 Å². The van der Waals surface area contributed by atoms with Gasteiger partial charge in [-0.1, -0.05) is 24.3 Å². The van der Waals surface area contributed by atoms with Crippen molar-refractivity contribution in [1.82, 2.24) is 4.90 Å². The van der Waals surface area contributed by atoms with Crippen molar-refractivity contribution in [3.63, 3.8) is 0 Å². The molecular weight excluding hydrogens is 482 g/mol. The third kappa shape index (κ3) is 3.00. The van der Waals surface area contributed by atoms with E-state index in [1.54, 1.807) is 6.07 Å². The predicted octanol–water partition coefficient (Wildman–Crippen LogP) is 3.34. The van der Waals surface area contributed by atoms with Gasteiger partial charge in [-0.05, 0) is 55.8 Å². The van der Waals surface area contributed by atoms with Gasteiger partial charge in [0.05, 0.1) is 17.3 Å². The fourth-order valence-electron chi connectivity index (χ4n) is 7.42. The van der Waals surface area contributed by atoms with E-state index in [2.05, 4.69) is 11.0 Å². The number of rotatable bonds is 2. The van der Waals surface area contributed by atoms with E-state index in [0.717, 1.165) is 59.7 Å². The van der Waals surface area contributed by atoms with Crippen LogP contribution in [-0.2, 0) is 28.4 Å². The third-order valence-electron chi connectivity index (χ3n) is 8.93. The lowest BCUT2D eigenvalue weighted by molar-refractivity contribution is -0.175. The van der Waals surface area contributed by atoms with E-state index in [1.165, 1.54) is 18.4 Å². The summed E-state index contributed by atoms with van der Waals surface area (Å²) in [4.78, 5) is 2.56. The molecule has 2 aliphatic heterocycles. The summed E-state index contributed by atoms with van der Waals surface area (Å²) < 4.78 is 38.8. The number of phenols is 1. The smallest absolute Gasteiger partial charge is 0.261 e. The summed E-state index contributed by atoms with van der Waals surface area (Å²) >= 11 is 0. The van der Waals surface area contributed by atoms with Crippen molar-refractivity contribution in [3.8, 4) is 11.5 Å². The molecule has 3 aromatic rings. The van der Waals surface area contributed by atoms with E-state index in [9.17, 15) is 18.6 Å². The maximum Gasteiger partial charge on any atom is 0.261 e. The molecule has 1 spiro atoms. The standard InChI is InChI=1S/C26H25NO4.CH4O3S/c28-18-8-7-15-11-20-26(29)12-17-16-3-1-2-4-19(16)30-22(17)24-25(26,21(15)23(18)31-24)9-10-27(20)13-14-5-6-14;1-5(2,3)4/h1-4,7-8,14,20,24,28-29H,5-6,9-13H2;1H3,(H,2,3,4)/t20?,24?,25-,26+;/m0./s1. The van der Waals surface area contributed by atoms with Gasteiger partial charge in [0.15, 0.2) is 17.6 Å². The molecule has 3 aliphatic carbocycles. The van der Waals surface area contributed by atoms with Crippen molar-refractivity contribution in [2.75, 3.05) is 19.3 Å². The molecule has 190 valence electrons. The van der Waals surface area contributed by atoms with Crippen molar-refractivity contribution in [1.29, 1.82) is 0 Å². The van der Waals surface area contributed by atoms with Gasteiger partial charge in [-0.2, -0.15) is 8.42 Å². The number of ether oxygens (including phenoxy) is 1. The van der Waals surface area contributed by atoms with Crippen LogP contribution in [0.3, 0.4) is 0 Å². The maximum atomic E-state index is 12.7. The Morgan fingerprint density at radius 2 is 1.92 bits per heavy atom. The van der Waals surface area contributed by atoms with Crippen molar-refractivity contribution in [2.24, 2.45) is 5.92 Å². The molecule has 8 nitrogen and oxygen atoms in total. The molecular formula is C27H29NO7S. The fourth-order valence-corrected chi connectivity index (χ4v) is 7.42. The lowest BCUT2D eigenvalue weighted by atomic mass is 9.49. The summed E-state index contributed by atoms with van der Waals surface area (Å²) in [5, 5.41) is 24.5. The Hall–Kier alpha value is -2.59. The first-order chi connectivity index (χ1) is 17.1. The van der Waals surface area contributed by atoms with Crippen LogP contribution in [0, 0.1) is 5.92 Å². The Labute approximate surface area is 209 Å². The summed E-state index contributed by atoms with van der Waals surface area (Å²) in [7, 11) is -3.67. The van der Waals surface area contributed by atoms with E-state index < -0.39 is 27.2 Å². The minimum absolute atomic E-state index is 0.0535. The topological polar surface area (TPSA) is 120 Å². The summed E-state index contributed by atoms with van der Waals surface area (Å²) in [6.07, 6.45) is 5.12. The number of aliphatic hydroxyl groups is 1. The van der Waals surface area contributed by atoms with Gasteiger partial charge in [0, 0.05) is 35.5 Å². The highest BCUT2D eigenvalue weighted by atomic mass is 32.2. The van der Waals surface area contributed by atoms with Gasteiger partial charge < -0.3 is 19.4 Å². The van der Waals surface area contributed by atoms with Crippen LogP contribution in [-0.4, -0.2) is 59.1 Å². The highest BCUT2D eigenvalue weighted by Gasteiger charge is 2.73. The second-order valence-electron chi connectivity index (χ2n) is 11.1. The van der Waals surface area contributed by atoms with Gasteiger partial charge >= 0.3 is 0 Å². The molecule has 3 heterocycles. The molecule has 8 rings (SSSR count). The summed E-state index contributed by atoms with van der Waals surface area (Å²) in [5.74, 6) is 2.34. The third-order valence-corrected chi connectivity index (χ3v) is 8.93. The van der Waals surface area contributed by atoms with E-state index in [-0.39, 0.29) is 11.8 Å². The number of hydrogen-bond acceptors (Lipinski definition) is 7. The van der Waals surface area contributed by atoms with Crippen LogP contribution >= 0.6 is 0 Å². The molecule has 5 aliphatic rings. The van der Waals surface area contributed by atoms with Crippen LogP contribution in [0.5, 0.6) is 11.5 Å². The Bertz CT molecular complexity index is 1500. The zero-order valence-corrected chi connectivity index (χ0v) is 20.8. The highest BCUT2D eigenvalue weighted by molar-refractivity contribution is 7.85. The molecule has 0 amide bonds. The summed E-state index contributed by atoms with van der Waals surface area (Å²) in [5.41, 5.74) is 2.65. The number of aromatic hydroxyl groups is 1. The number of likely N-dealkylation sites (tertiary alicyclic amines) is 1. The summed E-state index contributed by atoms with van der Waals surface area (Å²) in [6.45, 7) is 2.03. The molecule has 4 atom stereocenters. The molecule has 0 radical (unpaired) electrons. The van der Waals surface area contributed by atoms with Crippen LogP contribution < -0.4 is 4.74 Å². The Morgan fingerprint density at radius 3 is 2.67 bits per heavy atom. The maximum absolute atomic E-state index is 12.7. The number of fused-ring (bicyclic) bond motifs is 4. The minimum Gasteiger partial charge on any atom is -0.504 e. The molecule has 3 N–H and O–H groups in total. The van der Waals surface area contributed by atoms with Crippen LogP contribution in [0.2, 0.25) is 0 Å². The number of phenolic OH excluding ortho intramolecular Hbond substituents is 1. The van der Waals surface area contributed by atoms with Gasteiger partial charge in [0.1, 0.15) is 11.3 Å². The quantitative estimate of drug-likeness (QED) is 0.448. The van der Waals surface area contributed by atoms with Crippen molar-refractivity contribution < 1.29 is 32.3 Å². The first kappa shape index (κ1) is 22.6. The minimum atomic E-state index is -3.67. The fraction of sp³-hybridized carbons (Fsp3) is 0.481. The number of furan rings is 1. The average Bonchev–Trinajstić information content (AvgIpc) is 3.44. The second-order valence-corrected chi connectivity index (χ2v) is 12.6. The molecule has 2 fully saturated rings. The van der Waals surface area contributed by atoms with E-state index in [4.69, 9.17) is 13.7 Å². The zero-order valence-electron chi connectivity index (χ0n) is 20.0. The lowest BCUT2D eigenvalue weighted by Crippen LogP contribution is -2.74. The van der Waals surface area contributed by atoms with Gasteiger partial charge in [0.25, 0.3) is 10.1 Å². The molecule has 2 unspecified atom stereocenters. The molecule has 9 heteroatoms. The number of nitrogens with zero attached hydrogens (tertiary/aromatic N) is 1. The Morgan fingerprint density at radius 1 is 1.17 bits per heavy atom. The van der Waals surface area contributed by atoms with Crippen LogP contribution in [0.4, 0.5) is 0 Å². The van der Waals surface area contributed by atoms with Crippen molar-refractivity contribution >= 4 is 21.1 Å². The highest BCUT2D eigenvalue weighted by Crippen LogP contribution is 2.69. The van der Waals surface area contributed by atoms with Gasteiger partial charge in [0.2, 0.25) is 0 Å². The number of hydrogen-bond donors (Lipinski definition) is 3. The van der Waals surface area contributed by atoms with E-state index >= 15 is 0 Å². The lowest BCUT2D eigenvalue weighted by Gasteiger charge is -2.62. The molecule has 2 bridgehead atoms. The number of benzene rings is 2. The molecule has 1 saturated heterocycles. The Kier molecular flexibility index (Phi) is 4.55. The summed E-state index contributed by atoms with van der Waals surface area (Å²) in [6, 6.07) is 12.0. The van der Waals surface area contributed by atoms with Gasteiger partial charge in [-0.3, -0.25) is 9.45 Å². The van der Waals surface area contributed by atoms with Crippen LogP contribution in [0.1, 0.15) is 47.8 Å². The van der Waals surface area contributed by atoms with Crippen LogP contribution in [0.15, 0.2) is 40.8 Å². The predicted molar refractivity (Wildman–Crippen MR) is 132 cm³/mol. The first-order valence-electron chi connectivity index (χ1n) is 12.5. The van der Waals surface area contributed by atoms with Gasteiger partial charge in [-0.25, -0.2) is 0 Å². The SMILES string of the molecule is CS(=O)(=O)O.Oc1ccc2c3c1OC1c4oc5ccccc5c4C[C@@]4(O)C(C2)N(CC2CC2)CC[C@]314. The number of para-hydroxylation sites is 1. The monoisotopic (exact) mass is 511 g/mol. The van der Waals surface area contributed by atoms with Crippen LogP contribution in [0.25, 0.3) is 11.0 Å². The van der Waals surface area contributed by atoms with E-state index in [1.807, 2.05) is 24.3 Å². The zero-order chi connectivity index (χ0) is 25.0. The molecule has 1 saturated carbocycles. The average molecular weight is 512 g/mol. The first-order valence-corrected chi connectivity index (χ1v) is 14.4. The normalized spacial score (nSPS) is 31.8. The Balaban J connectivity index is 0.000000406.